The number of nitrogens with two attached hydrogens (primary N) is 1. The molecule has 1 unspecified atom stereocenters. The fourth-order valence-electron chi connectivity index (χ4n) is 1.70. The van der Waals surface area contributed by atoms with Crippen molar-refractivity contribution in [3.8, 4) is 0 Å². The predicted octanol–water partition coefficient (Wildman–Crippen LogP) is 5.60. The van der Waals surface area contributed by atoms with Gasteiger partial charge in [0.05, 0.1) is 21.1 Å². The van der Waals surface area contributed by atoms with Crippen LogP contribution in [0.2, 0.25) is 15.1 Å². The maximum Gasteiger partial charge on any atom is 0.129 e. The van der Waals surface area contributed by atoms with Gasteiger partial charge < -0.3 is 5.73 Å². The van der Waals surface area contributed by atoms with Crippen molar-refractivity contribution < 1.29 is 4.39 Å². The van der Waals surface area contributed by atoms with E-state index in [1.165, 1.54) is 12.1 Å². The molecule has 0 saturated heterocycles. The van der Waals surface area contributed by atoms with E-state index < -0.39 is 11.9 Å². The van der Waals surface area contributed by atoms with Crippen molar-refractivity contribution in [2.75, 3.05) is 0 Å². The van der Waals surface area contributed by atoms with Gasteiger partial charge >= 0.3 is 0 Å². The third-order valence-corrected chi connectivity index (χ3v) is 4.72. The Morgan fingerprint density at radius 2 is 1.74 bits per heavy atom. The van der Waals surface area contributed by atoms with E-state index >= 15 is 0 Å². The summed E-state index contributed by atoms with van der Waals surface area (Å²) in [5, 5.41) is 1.07. The van der Waals surface area contributed by atoms with E-state index in [2.05, 4.69) is 15.9 Å². The predicted molar refractivity (Wildman–Crippen MR) is 81.6 cm³/mol. The molecule has 2 rings (SSSR count). The highest BCUT2D eigenvalue weighted by molar-refractivity contribution is 9.10. The first-order valence-corrected chi connectivity index (χ1v) is 7.18. The Bertz CT molecular complexity index is 634. The largest absolute Gasteiger partial charge is 0.320 e. The Hall–Kier alpha value is -0.320. The third-order valence-electron chi connectivity index (χ3n) is 2.69. The topological polar surface area (TPSA) is 26.0 Å². The average Bonchev–Trinajstić information content (AvgIpc) is 2.36. The lowest BCUT2D eigenvalue weighted by atomic mass is 9.99. The Morgan fingerprint density at radius 3 is 2.42 bits per heavy atom. The molecule has 0 aliphatic rings. The van der Waals surface area contributed by atoms with Crippen molar-refractivity contribution in [3.05, 3.63) is 66.8 Å². The van der Waals surface area contributed by atoms with E-state index in [1.54, 1.807) is 18.2 Å². The molecule has 6 heteroatoms. The van der Waals surface area contributed by atoms with Crippen LogP contribution in [0.1, 0.15) is 17.2 Å². The van der Waals surface area contributed by atoms with E-state index in [1.807, 2.05) is 0 Å². The summed E-state index contributed by atoms with van der Waals surface area (Å²) in [6.45, 7) is 0. The zero-order valence-electron chi connectivity index (χ0n) is 9.43. The second-order valence-corrected chi connectivity index (χ2v) is 5.96. The molecule has 0 bridgehead atoms. The Kier molecular flexibility index (Phi) is 4.75. The standard InChI is InChI=1S/C13H8BrCl3FN/c14-8-5-11(18)7(4-10(8)16)13(19)6-2-1-3-9(15)12(6)17/h1-5,13H,19H2. The number of benzene rings is 2. The molecule has 1 atom stereocenters. The Labute approximate surface area is 133 Å². The van der Waals surface area contributed by atoms with Gasteiger partial charge in [0.1, 0.15) is 5.82 Å². The Morgan fingerprint density at radius 1 is 1.05 bits per heavy atom. The fourth-order valence-corrected chi connectivity index (χ4v) is 2.62. The summed E-state index contributed by atoms with van der Waals surface area (Å²) < 4.78 is 14.4. The Balaban J connectivity index is 2.53. The average molecular weight is 383 g/mol. The molecule has 2 aromatic carbocycles. The molecule has 0 fully saturated rings. The van der Waals surface area contributed by atoms with E-state index in [0.29, 0.717) is 25.1 Å². The van der Waals surface area contributed by atoms with Gasteiger partial charge in [-0.3, -0.25) is 0 Å². The normalized spacial score (nSPS) is 12.5. The zero-order chi connectivity index (χ0) is 14.2. The van der Waals surface area contributed by atoms with Crippen molar-refractivity contribution >= 4 is 50.7 Å². The summed E-state index contributed by atoms with van der Waals surface area (Å²) in [5.41, 5.74) is 6.86. The van der Waals surface area contributed by atoms with Gasteiger partial charge in [-0.05, 0) is 39.7 Å². The quantitative estimate of drug-likeness (QED) is 0.672. The molecule has 0 aliphatic heterocycles. The van der Waals surface area contributed by atoms with Crippen LogP contribution in [-0.4, -0.2) is 0 Å². The van der Waals surface area contributed by atoms with Crippen molar-refractivity contribution in [3.63, 3.8) is 0 Å². The van der Waals surface area contributed by atoms with Crippen LogP contribution in [0.4, 0.5) is 4.39 Å². The highest BCUT2D eigenvalue weighted by Crippen LogP contribution is 2.35. The zero-order valence-corrected chi connectivity index (χ0v) is 13.3. The summed E-state index contributed by atoms with van der Waals surface area (Å²) in [4.78, 5) is 0. The lowest BCUT2D eigenvalue weighted by Gasteiger charge is -2.16. The molecule has 0 aliphatic carbocycles. The number of halogens is 5. The van der Waals surface area contributed by atoms with Crippen LogP contribution >= 0.6 is 50.7 Å². The molecule has 0 heterocycles. The van der Waals surface area contributed by atoms with Crippen molar-refractivity contribution in [2.45, 2.75) is 6.04 Å². The minimum absolute atomic E-state index is 0.261. The van der Waals surface area contributed by atoms with Crippen LogP contribution in [-0.2, 0) is 0 Å². The van der Waals surface area contributed by atoms with Crippen LogP contribution < -0.4 is 5.73 Å². The van der Waals surface area contributed by atoms with Crippen molar-refractivity contribution in [1.82, 2.24) is 0 Å². The lowest BCUT2D eigenvalue weighted by Crippen LogP contribution is -2.14. The molecular weight excluding hydrogens is 375 g/mol. The van der Waals surface area contributed by atoms with E-state index in [9.17, 15) is 4.39 Å². The fraction of sp³-hybridized carbons (Fsp3) is 0.0769. The molecule has 100 valence electrons. The highest BCUT2D eigenvalue weighted by Gasteiger charge is 2.19. The highest BCUT2D eigenvalue weighted by atomic mass is 79.9. The number of hydrogen-bond donors (Lipinski definition) is 1. The van der Waals surface area contributed by atoms with Crippen molar-refractivity contribution in [1.29, 1.82) is 0 Å². The smallest absolute Gasteiger partial charge is 0.129 e. The second kappa shape index (κ2) is 5.98. The summed E-state index contributed by atoms with van der Waals surface area (Å²) in [6, 6.07) is 7.07. The molecule has 1 nitrogen and oxygen atoms in total. The van der Waals surface area contributed by atoms with Crippen LogP contribution in [0.5, 0.6) is 0 Å². The van der Waals surface area contributed by atoms with Gasteiger partial charge in [0.2, 0.25) is 0 Å². The molecule has 0 amide bonds. The third kappa shape index (κ3) is 3.06. The SMILES string of the molecule is NC(c1cc(Cl)c(Br)cc1F)c1cccc(Cl)c1Cl. The molecule has 2 N–H and O–H groups in total. The van der Waals surface area contributed by atoms with Gasteiger partial charge in [0.15, 0.2) is 0 Å². The second-order valence-electron chi connectivity index (χ2n) is 3.91. The number of rotatable bonds is 2. The first kappa shape index (κ1) is 15.1. The van der Waals surface area contributed by atoms with E-state index in [-0.39, 0.29) is 5.56 Å². The van der Waals surface area contributed by atoms with Crippen molar-refractivity contribution in [2.24, 2.45) is 5.73 Å². The minimum Gasteiger partial charge on any atom is -0.320 e. The van der Waals surface area contributed by atoms with Gasteiger partial charge in [-0.1, -0.05) is 46.9 Å². The molecular formula is C13H8BrCl3FN. The molecule has 19 heavy (non-hydrogen) atoms. The molecule has 2 aromatic rings. The summed E-state index contributed by atoms with van der Waals surface area (Å²) in [7, 11) is 0. The molecule has 0 aromatic heterocycles. The monoisotopic (exact) mass is 381 g/mol. The van der Waals surface area contributed by atoms with Gasteiger partial charge in [-0.25, -0.2) is 4.39 Å². The van der Waals surface area contributed by atoms with Gasteiger partial charge in [0.25, 0.3) is 0 Å². The molecule has 0 saturated carbocycles. The van der Waals surface area contributed by atoms with Crippen LogP contribution in [0.25, 0.3) is 0 Å². The van der Waals surface area contributed by atoms with Crippen LogP contribution in [0, 0.1) is 5.82 Å². The van der Waals surface area contributed by atoms with Gasteiger partial charge in [-0.2, -0.15) is 0 Å². The lowest BCUT2D eigenvalue weighted by molar-refractivity contribution is 0.599. The first-order chi connectivity index (χ1) is 8.91. The molecule has 0 spiro atoms. The van der Waals surface area contributed by atoms with E-state index in [4.69, 9.17) is 40.5 Å². The minimum atomic E-state index is -0.739. The number of hydrogen-bond acceptors (Lipinski definition) is 1. The van der Waals surface area contributed by atoms with Gasteiger partial charge in [-0.15, -0.1) is 0 Å². The summed E-state index contributed by atoms with van der Waals surface area (Å²) in [6.07, 6.45) is 0. The summed E-state index contributed by atoms with van der Waals surface area (Å²) in [5.74, 6) is -0.459. The van der Waals surface area contributed by atoms with Gasteiger partial charge in [0, 0.05) is 10.0 Å². The van der Waals surface area contributed by atoms with E-state index in [0.717, 1.165) is 0 Å². The maximum atomic E-state index is 14.0. The summed E-state index contributed by atoms with van der Waals surface area (Å²) >= 11 is 21.1. The van der Waals surface area contributed by atoms with Crippen LogP contribution in [0.3, 0.4) is 0 Å². The van der Waals surface area contributed by atoms with Crippen LogP contribution in [0.15, 0.2) is 34.8 Å². The first-order valence-electron chi connectivity index (χ1n) is 5.25. The maximum absolute atomic E-state index is 14.0. The molecule has 0 radical (unpaired) electrons.